The molecule has 2 aromatic carbocycles. The number of rotatable bonds is 5. The molecule has 4 aromatic rings. The lowest BCUT2D eigenvalue weighted by Gasteiger charge is -2.17. The predicted octanol–water partition coefficient (Wildman–Crippen LogP) is 4.99. The van der Waals surface area contributed by atoms with Gasteiger partial charge in [0.1, 0.15) is 6.54 Å². The van der Waals surface area contributed by atoms with Gasteiger partial charge in [-0.1, -0.05) is 18.2 Å². The highest BCUT2D eigenvalue weighted by Gasteiger charge is 2.32. The molecule has 2 aromatic heterocycles. The molecule has 1 amide bonds. The molecule has 1 fully saturated rings. The highest BCUT2D eigenvalue weighted by Crippen LogP contribution is 2.32. The lowest BCUT2D eigenvalue weighted by molar-refractivity contribution is -0.137. The fourth-order valence-electron chi connectivity index (χ4n) is 4.82. The summed E-state index contributed by atoms with van der Waals surface area (Å²) in [5.41, 5.74) is 0.818. The second-order valence-corrected chi connectivity index (χ2v) is 9.03. The molecule has 0 bridgehead atoms. The first-order valence-corrected chi connectivity index (χ1v) is 12.0. The minimum Gasteiger partial charge on any atom is -0.341 e. The second-order valence-electron chi connectivity index (χ2n) is 9.03. The number of halogens is 3. The van der Waals surface area contributed by atoms with Crippen LogP contribution in [0.2, 0.25) is 0 Å². The van der Waals surface area contributed by atoms with Gasteiger partial charge in [-0.15, -0.1) is 0 Å². The highest BCUT2D eigenvalue weighted by molar-refractivity contribution is 5.77. The molecule has 0 N–H and O–H groups in total. The highest BCUT2D eigenvalue weighted by atomic mass is 19.4. The number of benzene rings is 2. The summed E-state index contributed by atoms with van der Waals surface area (Å²) in [6.45, 7) is 9.74. The van der Waals surface area contributed by atoms with Gasteiger partial charge in [0, 0.05) is 13.1 Å². The molecule has 0 radical (unpaired) electrons. The van der Waals surface area contributed by atoms with Crippen molar-refractivity contribution in [3.63, 3.8) is 0 Å². The van der Waals surface area contributed by atoms with Gasteiger partial charge in [-0.2, -0.15) is 18.3 Å². The van der Waals surface area contributed by atoms with E-state index in [0.717, 1.165) is 25.0 Å². The number of hydrogen-bond donors (Lipinski definition) is 0. The lowest BCUT2D eigenvalue weighted by Crippen LogP contribution is -2.35. The van der Waals surface area contributed by atoms with E-state index in [-0.39, 0.29) is 18.1 Å². The summed E-state index contributed by atoms with van der Waals surface area (Å²) in [7, 11) is 0. The topological polar surface area (TPSA) is 69.4 Å². The first-order chi connectivity index (χ1) is 18.2. The molecule has 0 aliphatic carbocycles. The van der Waals surface area contributed by atoms with E-state index < -0.39 is 17.4 Å². The van der Waals surface area contributed by atoms with Gasteiger partial charge in [0.05, 0.1) is 46.8 Å². The molecule has 194 valence electrons. The fraction of sp³-hybridized carbons (Fsp3) is 0.259. The molecule has 38 heavy (non-hydrogen) atoms. The van der Waals surface area contributed by atoms with Crippen LogP contribution >= 0.6 is 0 Å². The van der Waals surface area contributed by atoms with Crippen LogP contribution in [0.25, 0.3) is 27.6 Å². The van der Waals surface area contributed by atoms with Gasteiger partial charge in [-0.3, -0.25) is 13.9 Å². The zero-order chi connectivity index (χ0) is 27.0. The van der Waals surface area contributed by atoms with Crippen LogP contribution in [0.4, 0.5) is 18.9 Å². The molecule has 0 unspecified atom stereocenters. The van der Waals surface area contributed by atoms with Crippen molar-refractivity contribution in [2.24, 2.45) is 0 Å². The third-order valence-electron chi connectivity index (χ3n) is 6.66. The van der Waals surface area contributed by atoms with E-state index in [1.54, 1.807) is 46.8 Å². The summed E-state index contributed by atoms with van der Waals surface area (Å²) in [6.07, 6.45) is -1.28. The zero-order valence-electron chi connectivity index (χ0n) is 20.4. The number of carbonyl (C=O) groups excluding carboxylic acids is 1. The molecular weight excluding hydrogens is 497 g/mol. The normalized spacial score (nSPS) is 13.6. The van der Waals surface area contributed by atoms with Crippen LogP contribution in [0.3, 0.4) is 0 Å². The minimum atomic E-state index is -4.58. The number of carbonyl (C=O) groups is 1. The fourth-order valence-corrected chi connectivity index (χ4v) is 4.82. The molecule has 1 saturated heterocycles. The quantitative estimate of drug-likeness (QED) is 0.348. The van der Waals surface area contributed by atoms with Gasteiger partial charge in [-0.25, -0.2) is 14.3 Å². The average molecular weight is 521 g/mol. The van der Waals surface area contributed by atoms with E-state index in [4.69, 9.17) is 6.57 Å². The zero-order valence-corrected chi connectivity index (χ0v) is 20.4. The van der Waals surface area contributed by atoms with Crippen LogP contribution in [0, 0.1) is 13.5 Å². The van der Waals surface area contributed by atoms with Gasteiger partial charge < -0.3 is 4.90 Å². The predicted molar refractivity (Wildman–Crippen MR) is 134 cm³/mol. The van der Waals surface area contributed by atoms with E-state index in [2.05, 4.69) is 9.94 Å². The van der Waals surface area contributed by atoms with Crippen molar-refractivity contribution in [2.75, 3.05) is 13.1 Å². The maximum absolute atomic E-state index is 13.8. The molecule has 5 rings (SSSR count). The summed E-state index contributed by atoms with van der Waals surface area (Å²) in [5.74, 6) is -0.237. The first kappa shape index (κ1) is 25.1. The second kappa shape index (κ2) is 9.70. The van der Waals surface area contributed by atoms with Gasteiger partial charge in [0.2, 0.25) is 5.91 Å². The number of hydrogen-bond acceptors (Lipinski definition) is 3. The van der Waals surface area contributed by atoms with E-state index in [1.807, 2.05) is 0 Å². The van der Waals surface area contributed by atoms with Crippen LogP contribution in [0.5, 0.6) is 0 Å². The van der Waals surface area contributed by atoms with Crippen molar-refractivity contribution in [2.45, 2.75) is 32.5 Å². The number of likely N-dealkylation sites (tertiary alicyclic amines) is 1. The standard InChI is InChI=1S/C27H23F3N6O2/c1-18-25(23-12-13-32-36(23)21-10-8-20(31-2)9-11-21)34(17-24(37)33-14-3-4-15-33)26(38)35(18)22-7-5-6-19(16-22)27(28,29)30/h5-13,16H,3-4,14-15,17H2,1H3. The Morgan fingerprint density at radius 2 is 1.76 bits per heavy atom. The van der Waals surface area contributed by atoms with Gasteiger partial charge in [-0.05, 0) is 56.2 Å². The molecular formula is C27H23F3N6O2. The Labute approximate surface area is 216 Å². The van der Waals surface area contributed by atoms with Crippen molar-refractivity contribution in [1.82, 2.24) is 23.8 Å². The average Bonchev–Trinajstić information content (AvgIpc) is 3.65. The van der Waals surface area contributed by atoms with E-state index in [9.17, 15) is 22.8 Å². The maximum atomic E-state index is 13.8. The number of imidazole rings is 1. The number of alkyl halides is 3. The van der Waals surface area contributed by atoms with Crippen molar-refractivity contribution in [1.29, 1.82) is 0 Å². The summed E-state index contributed by atoms with van der Waals surface area (Å²) in [6, 6.07) is 12.9. The van der Waals surface area contributed by atoms with Crippen LogP contribution in [-0.2, 0) is 17.5 Å². The van der Waals surface area contributed by atoms with Gasteiger partial charge in [0.25, 0.3) is 0 Å². The van der Waals surface area contributed by atoms with E-state index >= 15 is 0 Å². The van der Waals surface area contributed by atoms with E-state index in [1.165, 1.54) is 27.5 Å². The van der Waals surface area contributed by atoms with Crippen LogP contribution < -0.4 is 5.69 Å². The van der Waals surface area contributed by atoms with Crippen molar-refractivity contribution in [3.8, 4) is 22.8 Å². The number of aromatic nitrogens is 4. The molecule has 8 nitrogen and oxygen atoms in total. The Balaban J connectivity index is 1.69. The van der Waals surface area contributed by atoms with Crippen LogP contribution in [0.1, 0.15) is 24.1 Å². The summed E-state index contributed by atoms with van der Waals surface area (Å²) in [4.78, 5) is 32.0. The molecule has 1 aliphatic heterocycles. The van der Waals surface area contributed by atoms with Gasteiger partial charge >= 0.3 is 11.9 Å². The third-order valence-corrected chi connectivity index (χ3v) is 6.66. The maximum Gasteiger partial charge on any atom is 0.416 e. The number of amides is 1. The van der Waals surface area contributed by atoms with E-state index in [0.29, 0.717) is 41.5 Å². The third kappa shape index (κ3) is 4.49. The molecule has 0 spiro atoms. The van der Waals surface area contributed by atoms with Gasteiger partial charge in [0.15, 0.2) is 5.69 Å². The Hall–Kier alpha value is -4.59. The Bertz CT molecular complexity index is 1600. The Kier molecular flexibility index (Phi) is 6.40. The van der Waals surface area contributed by atoms with Crippen molar-refractivity contribution in [3.05, 3.63) is 94.0 Å². The smallest absolute Gasteiger partial charge is 0.341 e. The number of nitrogens with zero attached hydrogens (tertiary/aromatic N) is 6. The van der Waals surface area contributed by atoms with Crippen molar-refractivity contribution < 1.29 is 18.0 Å². The van der Waals surface area contributed by atoms with Crippen LogP contribution in [0.15, 0.2) is 65.6 Å². The summed E-state index contributed by atoms with van der Waals surface area (Å²) < 4.78 is 44.4. The molecule has 0 atom stereocenters. The molecule has 11 heteroatoms. The minimum absolute atomic E-state index is 0.0448. The molecule has 1 aliphatic rings. The largest absolute Gasteiger partial charge is 0.416 e. The Morgan fingerprint density at radius 1 is 1.05 bits per heavy atom. The monoisotopic (exact) mass is 520 g/mol. The summed E-state index contributed by atoms with van der Waals surface area (Å²) >= 11 is 0. The van der Waals surface area contributed by atoms with Crippen molar-refractivity contribution >= 4 is 11.6 Å². The first-order valence-electron chi connectivity index (χ1n) is 12.0. The molecule has 0 saturated carbocycles. The lowest BCUT2D eigenvalue weighted by atomic mass is 10.2. The SMILES string of the molecule is [C-]#[N+]c1ccc(-n2nccc2-c2c(C)n(-c3cccc(C(F)(F)F)c3)c(=O)n2CC(=O)N2CCCC2)cc1. The Morgan fingerprint density at radius 3 is 2.42 bits per heavy atom. The summed E-state index contributed by atoms with van der Waals surface area (Å²) in [5, 5.41) is 4.39. The van der Waals surface area contributed by atoms with Crippen LogP contribution in [-0.4, -0.2) is 42.8 Å². The molecule has 3 heterocycles.